The van der Waals surface area contributed by atoms with E-state index in [2.05, 4.69) is 12.1 Å². The van der Waals surface area contributed by atoms with E-state index >= 15 is 0 Å². The standard InChI is InChI=1S/C24H22O4/c25-16-23(26)20-10-5-9-19(15-20)22(12-17-6-2-1-3-7-17)14-18-8-4-11-21(13-18)24(27)28/h1-11,13,15,22,25H,12,14,16H2,(H,27,28). The number of benzene rings is 3. The number of aliphatic hydroxyl groups is 1. The molecule has 0 spiro atoms. The zero-order chi connectivity index (χ0) is 19.9. The zero-order valence-electron chi connectivity index (χ0n) is 15.4. The molecule has 0 aliphatic carbocycles. The molecule has 0 radical (unpaired) electrons. The molecule has 0 aliphatic heterocycles. The van der Waals surface area contributed by atoms with E-state index in [1.54, 1.807) is 24.3 Å². The van der Waals surface area contributed by atoms with Crippen molar-refractivity contribution in [1.29, 1.82) is 0 Å². The summed E-state index contributed by atoms with van der Waals surface area (Å²) in [6, 6.07) is 24.3. The zero-order valence-corrected chi connectivity index (χ0v) is 15.4. The van der Waals surface area contributed by atoms with Gasteiger partial charge in [-0.2, -0.15) is 0 Å². The van der Waals surface area contributed by atoms with Gasteiger partial charge in [0.15, 0.2) is 5.78 Å². The van der Waals surface area contributed by atoms with Gasteiger partial charge in [-0.05, 0) is 53.6 Å². The fraction of sp³-hybridized carbons (Fsp3) is 0.167. The highest BCUT2D eigenvalue weighted by Crippen LogP contribution is 2.27. The fourth-order valence-electron chi connectivity index (χ4n) is 3.38. The largest absolute Gasteiger partial charge is 0.478 e. The maximum Gasteiger partial charge on any atom is 0.335 e. The summed E-state index contributed by atoms with van der Waals surface area (Å²) >= 11 is 0. The number of hydrogen-bond acceptors (Lipinski definition) is 3. The average Bonchev–Trinajstić information content (AvgIpc) is 2.73. The van der Waals surface area contributed by atoms with Gasteiger partial charge in [0.05, 0.1) is 5.56 Å². The molecule has 142 valence electrons. The first-order valence-electron chi connectivity index (χ1n) is 9.17. The minimum absolute atomic E-state index is 0.0675. The van der Waals surface area contributed by atoms with Crippen LogP contribution in [0.15, 0.2) is 78.9 Å². The molecular weight excluding hydrogens is 352 g/mol. The second kappa shape index (κ2) is 9.11. The Hall–Kier alpha value is -3.24. The lowest BCUT2D eigenvalue weighted by Gasteiger charge is -2.19. The van der Waals surface area contributed by atoms with Crippen LogP contribution in [0, 0.1) is 0 Å². The van der Waals surface area contributed by atoms with Gasteiger partial charge in [-0.25, -0.2) is 4.79 Å². The Morgan fingerprint density at radius 1 is 0.750 bits per heavy atom. The number of aliphatic hydroxyl groups excluding tert-OH is 1. The summed E-state index contributed by atoms with van der Waals surface area (Å²) in [6.45, 7) is -0.520. The number of carboxylic acid groups (broad SMARTS) is 1. The molecule has 3 aromatic carbocycles. The van der Waals surface area contributed by atoms with Crippen molar-refractivity contribution < 1.29 is 19.8 Å². The minimum atomic E-state index is -0.947. The van der Waals surface area contributed by atoms with Crippen LogP contribution in [-0.2, 0) is 12.8 Å². The van der Waals surface area contributed by atoms with Crippen molar-refractivity contribution in [3.63, 3.8) is 0 Å². The SMILES string of the molecule is O=C(O)c1cccc(CC(Cc2ccccc2)c2cccc(C(=O)CO)c2)c1. The molecule has 1 unspecified atom stereocenters. The van der Waals surface area contributed by atoms with Crippen LogP contribution in [0.4, 0.5) is 0 Å². The molecule has 3 rings (SSSR count). The molecular formula is C24H22O4. The number of carbonyl (C=O) groups is 2. The van der Waals surface area contributed by atoms with E-state index in [4.69, 9.17) is 5.11 Å². The van der Waals surface area contributed by atoms with Crippen molar-refractivity contribution in [3.8, 4) is 0 Å². The molecule has 4 nitrogen and oxygen atoms in total. The predicted octanol–water partition coefficient (Wildman–Crippen LogP) is 4.13. The van der Waals surface area contributed by atoms with Gasteiger partial charge >= 0.3 is 5.97 Å². The van der Waals surface area contributed by atoms with Crippen molar-refractivity contribution in [3.05, 3.63) is 107 Å². The van der Waals surface area contributed by atoms with Crippen LogP contribution >= 0.6 is 0 Å². The molecule has 0 amide bonds. The van der Waals surface area contributed by atoms with Crippen molar-refractivity contribution >= 4 is 11.8 Å². The van der Waals surface area contributed by atoms with Crippen molar-refractivity contribution in [2.24, 2.45) is 0 Å². The normalized spacial score (nSPS) is 11.8. The molecule has 0 fully saturated rings. The number of carbonyl (C=O) groups excluding carboxylic acids is 1. The summed E-state index contributed by atoms with van der Waals surface area (Å²) in [5.74, 6) is -1.19. The molecule has 4 heteroatoms. The van der Waals surface area contributed by atoms with Gasteiger partial charge in [-0.15, -0.1) is 0 Å². The summed E-state index contributed by atoms with van der Waals surface area (Å²) in [6.07, 6.45) is 1.40. The average molecular weight is 374 g/mol. The van der Waals surface area contributed by atoms with E-state index in [1.165, 1.54) is 5.56 Å². The third-order valence-corrected chi connectivity index (χ3v) is 4.80. The molecule has 0 heterocycles. The Bertz CT molecular complexity index is 963. The Kier molecular flexibility index (Phi) is 6.35. The number of aromatic carboxylic acids is 1. The highest BCUT2D eigenvalue weighted by atomic mass is 16.4. The van der Waals surface area contributed by atoms with Gasteiger partial charge in [-0.3, -0.25) is 4.79 Å². The van der Waals surface area contributed by atoms with E-state index in [0.717, 1.165) is 17.5 Å². The van der Waals surface area contributed by atoms with Crippen LogP contribution < -0.4 is 0 Å². The summed E-state index contributed by atoms with van der Waals surface area (Å²) in [5.41, 5.74) is 3.84. The number of carboxylic acids is 1. The highest BCUT2D eigenvalue weighted by molar-refractivity contribution is 5.97. The molecule has 1 atom stereocenters. The van der Waals surface area contributed by atoms with Crippen LogP contribution in [0.2, 0.25) is 0 Å². The Balaban J connectivity index is 1.94. The van der Waals surface area contributed by atoms with Gasteiger partial charge in [0.25, 0.3) is 0 Å². The topological polar surface area (TPSA) is 74.6 Å². The van der Waals surface area contributed by atoms with Crippen LogP contribution in [-0.4, -0.2) is 28.6 Å². The lowest BCUT2D eigenvalue weighted by atomic mass is 9.85. The lowest BCUT2D eigenvalue weighted by Crippen LogP contribution is -2.10. The second-order valence-electron chi connectivity index (χ2n) is 6.80. The maximum absolute atomic E-state index is 11.9. The van der Waals surface area contributed by atoms with E-state index in [1.807, 2.05) is 42.5 Å². The van der Waals surface area contributed by atoms with E-state index in [0.29, 0.717) is 12.0 Å². The minimum Gasteiger partial charge on any atom is -0.478 e. The molecule has 3 aromatic rings. The smallest absolute Gasteiger partial charge is 0.335 e. The predicted molar refractivity (Wildman–Crippen MR) is 108 cm³/mol. The number of Topliss-reactive ketones (excluding diaryl/α,β-unsaturated/α-hetero) is 1. The van der Waals surface area contributed by atoms with Crippen LogP contribution in [0.3, 0.4) is 0 Å². The fourth-order valence-corrected chi connectivity index (χ4v) is 3.38. The van der Waals surface area contributed by atoms with Crippen molar-refractivity contribution in [2.75, 3.05) is 6.61 Å². The maximum atomic E-state index is 11.9. The van der Waals surface area contributed by atoms with Gasteiger partial charge in [0.1, 0.15) is 6.61 Å². The third kappa shape index (κ3) is 4.93. The molecule has 0 bridgehead atoms. The van der Waals surface area contributed by atoms with Crippen LogP contribution in [0.1, 0.15) is 43.3 Å². The van der Waals surface area contributed by atoms with Gasteiger partial charge < -0.3 is 10.2 Å². The highest BCUT2D eigenvalue weighted by Gasteiger charge is 2.16. The molecule has 0 saturated carbocycles. The quantitative estimate of drug-likeness (QED) is 0.582. The van der Waals surface area contributed by atoms with Gasteiger partial charge in [0, 0.05) is 5.56 Å². The Morgan fingerprint density at radius 2 is 1.39 bits per heavy atom. The summed E-state index contributed by atoms with van der Waals surface area (Å²) < 4.78 is 0. The monoisotopic (exact) mass is 374 g/mol. The summed E-state index contributed by atoms with van der Waals surface area (Å²) in [4.78, 5) is 23.2. The first kappa shape index (κ1) is 19.5. The van der Waals surface area contributed by atoms with Crippen LogP contribution in [0.5, 0.6) is 0 Å². The number of ketones is 1. The van der Waals surface area contributed by atoms with Gasteiger partial charge in [0.2, 0.25) is 0 Å². The molecule has 0 aromatic heterocycles. The summed E-state index contributed by atoms with van der Waals surface area (Å²) in [5, 5.41) is 18.4. The Morgan fingerprint density at radius 3 is 2.11 bits per heavy atom. The second-order valence-corrected chi connectivity index (χ2v) is 6.80. The van der Waals surface area contributed by atoms with E-state index in [9.17, 15) is 14.7 Å². The number of rotatable bonds is 8. The molecule has 28 heavy (non-hydrogen) atoms. The van der Waals surface area contributed by atoms with E-state index in [-0.39, 0.29) is 17.3 Å². The first-order chi connectivity index (χ1) is 13.6. The van der Waals surface area contributed by atoms with E-state index < -0.39 is 12.6 Å². The van der Waals surface area contributed by atoms with Gasteiger partial charge in [-0.1, -0.05) is 60.7 Å². The third-order valence-electron chi connectivity index (χ3n) is 4.80. The Labute approximate surface area is 164 Å². The molecule has 0 aliphatic rings. The molecule has 2 N–H and O–H groups in total. The molecule has 0 saturated heterocycles. The van der Waals surface area contributed by atoms with Crippen molar-refractivity contribution in [1.82, 2.24) is 0 Å². The lowest BCUT2D eigenvalue weighted by molar-refractivity contribution is 0.0696. The first-order valence-corrected chi connectivity index (χ1v) is 9.17. The van der Waals surface area contributed by atoms with Crippen LogP contribution in [0.25, 0.3) is 0 Å². The van der Waals surface area contributed by atoms with Crippen molar-refractivity contribution in [2.45, 2.75) is 18.8 Å². The number of hydrogen-bond donors (Lipinski definition) is 2. The summed E-state index contributed by atoms with van der Waals surface area (Å²) in [7, 11) is 0.